The van der Waals surface area contributed by atoms with Crippen LogP contribution in [-0.2, 0) is 21.2 Å². The Morgan fingerprint density at radius 1 is 0.757 bits per heavy atom. The van der Waals surface area contributed by atoms with Crippen LogP contribution < -0.4 is 21.1 Å². The number of nitrogens with two attached hydrogens (primary N) is 1. The summed E-state index contributed by atoms with van der Waals surface area (Å²) in [5.41, 5.74) is 9.92. The third-order valence-electron chi connectivity index (χ3n) is 5.64. The number of aryl methyl sites for hydroxylation is 1. The molecule has 37 heavy (non-hydrogen) atoms. The maximum Gasteiger partial charge on any atom is 0.261 e. The van der Waals surface area contributed by atoms with E-state index in [-0.39, 0.29) is 17.2 Å². The molecule has 9 heteroatoms. The van der Waals surface area contributed by atoms with Crippen LogP contribution in [0.5, 0.6) is 0 Å². The van der Waals surface area contributed by atoms with Gasteiger partial charge in [0.1, 0.15) is 0 Å². The summed E-state index contributed by atoms with van der Waals surface area (Å²) >= 11 is 0. The maximum absolute atomic E-state index is 12.8. The molecule has 0 atom stereocenters. The van der Waals surface area contributed by atoms with Crippen molar-refractivity contribution < 1.29 is 18.0 Å². The van der Waals surface area contributed by atoms with Crippen molar-refractivity contribution in [3.05, 3.63) is 114 Å². The molecule has 0 aliphatic rings. The summed E-state index contributed by atoms with van der Waals surface area (Å²) in [6.45, 7) is 1.89. The lowest BCUT2D eigenvalue weighted by Gasteiger charge is -2.11. The number of hydrogen-bond donors (Lipinski definition) is 4. The topological polar surface area (TPSA) is 130 Å². The Kier molecular flexibility index (Phi) is 7.55. The number of nitrogens with one attached hydrogen (secondary N) is 3. The fraction of sp³-hybridized carbons (Fsp3) is 0.0714. The summed E-state index contributed by atoms with van der Waals surface area (Å²) in [6, 6.07) is 26.4. The van der Waals surface area contributed by atoms with Crippen LogP contribution in [0.2, 0.25) is 0 Å². The molecular weight excluding hydrogens is 488 g/mol. The van der Waals surface area contributed by atoms with E-state index in [2.05, 4.69) is 15.4 Å². The van der Waals surface area contributed by atoms with Gasteiger partial charge in [-0.05, 0) is 78.7 Å². The van der Waals surface area contributed by atoms with E-state index in [1.807, 2.05) is 19.1 Å². The van der Waals surface area contributed by atoms with E-state index in [4.69, 9.17) is 5.73 Å². The average molecular weight is 515 g/mol. The van der Waals surface area contributed by atoms with Crippen LogP contribution in [0.25, 0.3) is 0 Å². The first kappa shape index (κ1) is 25.5. The third-order valence-corrected chi connectivity index (χ3v) is 7.04. The summed E-state index contributed by atoms with van der Waals surface area (Å²) in [7, 11) is -3.77. The summed E-state index contributed by atoms with van der Waals surface area (Å²) < 4.78 is 27.7. The molecule has 4 rings (SSSR count). The van der Waals surface area contributed by atoms with E-state index in [0.29, 0.717) is 28.3 Å². The summed E-state index contributed by atoms with van der Waals surface area (Å²) in [5, 5.41) is 5.54. The molecule has 0 fully saturated rings. The highest BCUT2D eigenvalue weighted by molar-refractivity contribution is 7.92. The maximum atomic E-state index is 12.8. The number of carbonyl (C=O) groups is 2. The highest BCUT2D eigenvalue weighted by Crippen LogP contribution is 2.20. The summed E-state index contributed by atoms with van der Waals surface area (Å²) in [4.78, 5) is 25.4. The molecule has 4 aromatic rings. The lowest BCUT2D eigenvalue weighted by atomic mass is 10.0. The van der Waals surface area contributed by atoms with Crippen LogP contribution in [0.1, 0.15) is 21.5 Å². The molecule has 0 aromatic heterocycles. The normalized spacial score (nSPS) is 10.9. The number of rotatable bonds is 8. The predicted molar refractivity (Wildman–Crippen MR) is 146 cm³/mol. The van der Waals surface area contributed by atoms with E-state index >= 15 is 0 Å². The van der Waals surface area contributed by atoms with Crippen LogP contribution in [-0.4, -0.2) is 20.2 Å². The summed E-state index contributed by atoms with van der Waals surface area (Å²) in [5.74, 6) is -0.656. The molecule has 0 spiro atoms. The van der Waals surface area contributed by atoms with Gasteiger partial charge in [-0.2, -0.15) is 0 Å². The first-order valence-corrected chi connectivity index (χ1v) is 12.9. The molecule has 5 N–H and O–H groups in total. The van der Waals surface area contributed by atoms with Gasteiger partial charge in [0.25, 0.3) is 15.9 Å². The lowest BCUT2D eigenvalue weighted by molar-refractivity contribution is -0.115. The van der Waals surface area contributed by atoms with Gasteiger partial charge in [-0.1, -0.05) is 36.4 Å². The smallest absolute Gasteiger partial charge is 0.261 e. The molecule has 2 amide bonds. The first-order valence-electron chi connectivity index (χ1n) is 11.4. The van der Waals surface area contributed by atoms with Crippen LogP contribution in [0, 0.1) is 6.92 Å². The Balaban J connectivity index is 1.39. The molecule has 8 nitrogen and oxygen atoms in total. The Hall–Kier alpha value is -4.63. The zero-order valence-electron chi connectivity index (χ0n) is 20.1. The number of para-hydroxylation sites is 1. The highest BCUT2D eigenvalue weighted by atomic mass is 32.2. The molecule has 0 aliphatic carbocycles. The Morgan fingerprint density at radius 3 is 2.14 bits per heavy atom. The highest BCUT2D eigenvalue weighted by Gasteiger charge is 2.15. The average Bonchev–Trinajstić information content (AvgIpc) is 2.87. The van der Waals surface area contributed by atoms with E-state index in [0.717, 1.165) is 11.1 Å². The second-order valence-corrected chi connectivity index (χ2v) is 10.1. The van der Waals surface area contributed by atoms with Gasteiger partial charge in [0.2, 0.25) is 5.91 Å². The molecule has 4 aromatic carbocycles. The van der Waals surface area contributed by atoms with Gasteiger partial charge in [-0.15, -0.1) is 0 Å². The molecule has 0 radical (unpaired) electrons. The number of nitrogen functional groups attached to an aromatic ring is 1. The van der Waals surface area contributed by atoms with Gasteiger partial charge < -0.3 is 16.4 Å². The first-order chi connectivity index (χ1) is 17.7. The second-order valence-electron chi connectivity index (χ2n) is 8.40. The van der Waals surface area contributed by atoms with Crippen molar-refractivity contribution in [3.63, 3.8) is 0 Å². The molecule has 0 aliphatic heterocycles. The number of benzene rings is 4. The van der Waals surface area contributed by atoms with E-state index in [1.54, 1.807) is 60.7 Å². The van der Waals surface area contributed by atoms with Crippen molar-refractivity contribution in [1.29, 1.82) is 0 Å². The second kappa shape index (κ2) is 11.0. The molecule has 0 heterocycles. The zero-order chi connectivity index (χ0) is 26.4. The molecular formula is C28H26N4O4S. The number of carbonyl (C=O) groups excluding carboxylic acids is 2. The van der Waals surface area contributed by atoms with E-state index < -0.39 is 15.9 Å². The van der Waals surface area contributed by atoms with Crippen LogP contribution in [0.4, 0.5) is 22.7 Å². The van der Waals surface area contributed by atoms with Crippen molar-refractivity contribution in [2.24, 2.45) is 0 Å². The number of amides is 2. The number of hydrogen-bond acceptors (Lipinski definition) is 5. The predicted octanol–water partition coefficient (Wildman–Crippen LogP) is 4.81. The van der Waals surface area contributed by atoms with Gasteiger partial charge in [-0.25, -0.2) is 8.42 Å². The Labute approximate surface area is 215 Å². The van der Waals surface area contributed by atoms with Gasteiger partial charge in [0.05, 0.1) is 11.3 Å². The molecule has 188 valence electrons. The zero-order valence-corrected chi connectivity index (χ0v) is 20.9. The Morgan fingerprint density at radius 2 is 1.43 bits per heavy atom. The molecule has 0 saturated carbocycles. The van der Waals surface area contributed by atoms with Crippen LogP contribution in [0.3, 0.4) is 0 Å². The third kappa shape index (κ3) is 6.53. The quantitative estimate of drug-likeness (QED) is 0.251. The SMILES string of the molecule is Cc1cccc(N)c1CC(=O)Nc1cccc(C(=O)Nc2ccc(S(=O)(=O)Nc3ccccc3)cc2)c1. The van der Waals surface area contributed by atoms with Crippen molar-refractivity contribution in [1.82, 2.24) is 0 Å². The minimum Gasteiger partial charge on any atom is -0.398 e. The van der Waals surface area contributed by atoms with Crippen LogP contribution in [0.15, 0.2) is 102 Å². The van der Waals surface area contributed by atoms with Gasteiger partial charge in [0.15, 0.2) is 0 Å². The summed E-state index contributed by atoms with van der Waals surface area (Å²) in [6.07, 6.45) is 0.114. The lowest BCUT2D eigenvalue weighted by Crippen LogP contribution is -2.17. The largest absolute Gasteiger partial charge is 0.398 e. The minimum absolute atomic E-state index is 0.0633. The van der Waals surface area contributed by atoms with Crippen molar-refractivity contribution >= 4 is 44.6 Å². The van der Waals surface area contributed by atoms with Gasteiger partial charge >= 0.3 is 0 Å². The molecule has 0 saturated heterocycles. The number of anilines is 4. The number of sulfonamides is 1. The van der Waals surface area contributed by atoms with Crippen molar-refractivity contribution in [2.45, 2.75) is 18.2 Å². The standard InChI is InChI=1S/C28H26N4O4S/c1-19-7-5-12-26(29)25(19)18-27(33)30-23-11-6-8-20(17-23)28(34)31-21-13-15-24(16-14-21)37(35,36)32-22-9-3-2-4-10-22/h2-17,32H,18,29H2,1H3,(H,30,33)(H,31,34). The monoisotopic (exact) mass is 514 g/mol. The molecule has 0 unspecified atom stereocenters. The Bertz CT molecular complexity index is 1520. The van der Waals surface area contributed by atoms with E-state index in [9.17, 15) is 18.0 Å². The molecule has 0 bridgehead atoms. The van der Waals surface area contributed by atoms with E-state index in [1.165, 1.54) is 24.3 Å². The minimum atomic E-state index is -3.77. The van der Waals surface area contributed by atoms with Gasteiger partial charge in [-0.3, -0.25) is 14.3 Å². The fourth-order valence-corrected chi connectivity index (χ4v) is 4.77. The van der Waals surface area contributed by atoms with Crippen molar-refractivity contribution in [2.75, 3.05) is 21.1 Å². The fourth-order valence-electron chi connectivity index (χ4n) is 3.71. The van der Waals surface area contributed by atoms with Crippen molar-refractivity contribution in [3.8, 4) is 0 Å². The van der Waals surface area contributed by atoms with Gasteiger partial charge in [0, 0.05) is 28.3 Å². The van der Waals surface area contributed by atoms with Crippen LogP contribution >= 0.6 is 0 Å².